The number of anilines is 1. The van der Waals surface area contributed by atoms with Crippen molar-refractivity contribution in [3.63, 3.8) is 0 Å². The second-order valence-corrected chi connectivity index (χ2v) is 7.28. The molecular weight excluding hydrogens is 366 g/mol. The molecule has 7 nitrogen and oxygen atoms in total. The van der Waals surface area contributed by atoms with Crippen molar-refractivity contribution in [1.82, 2.24) is 9.55 Å². The van der Waals surface area contributed by atoms with Crippen molar-refractivity contribution in [2.75, 3.05) is 12.4 Å². The highest BCUT2D eigenvalue weighted by Gasteiger charge is 2.13. The van der Waals surface area contributed by atoms with Crippen molar-refractivity contribution in [1.29, 1.82) is 0 Å². The molecular formula is C19H19N3O4S. The van der Waals surface area contributed by atoms with Gasteiger partial charge in [0.25, 0.3) is 5.56 Å². The molecule has 0 aliphatic carbocycles. The second-order valence-electron chi connectivity index (χ2n) is 6.08. The van der Waals surface area contributed by atoms with Crippen LogP contribution in [0.4, 0.5) is 5.69 Å². The molecule has 1 amide bonds. The summed E-state index contributed by atoms with van der Waals surface area (Å²) in [5.41, 5.74) is 1.64. The maximum atomic E-state index is 12.6. The van der Waals surface area contributed by atoms with Crippen LogP contribution in [0.3, 0.4) is 0 Å². The van der Waals surface area contributed by atoms with E-state index in [1.807, 2.05) is 13.8 Å². The molecule has 140 valence electrons. The molecule has 0 unspecified atom stereocenters. The SMILES string of the molecule is COC(=O)c1cccc(NC(=O)CCn2cnc3sc(C)c(C)c3c2=O)c1. The molecule has 0 spiro atoms. The van der Waals surface area contributed by atoms with Crippen LogP contribution in [0.2, 0.25) is 0 Å². The lowest BCUT2D eigenvalue weighted by Gasteiger charge is -2.08. The van der Waals surface area contributed by atoms with Gasteiger partial charge in [0.1, 0.15) is 4.83 Å². The summed E-state index contributed by atoms with van der Waals surface area (Å²) >= 11 is 1.49. The number of carbonyl (C=O) groups is 2. The number of ether oxygens (including phenoxy) is 1. The number of benzene rings is 1. The van der Waals surface area contributed by atoms with Gasteiger partial charge >= 0.3 is 5.97 Å². The summed E-state index contributed by atoms with van der Waals surface area (Å²) in [6.45, 7) is 4.09. The van der Waals surface area contributed by atoms with Crippen molar-refractivity contribution >= 4 is 39.1 Å². The smallest absolute Gasteiger partial charge is 0.337 e. The maximum Gasteiger partial charge on any atom is 0.337 e. The fourth-order valence-electron chi connectivity index (χ4n) is 2.72. The number of nitrogens with one attached hydrogen (secondary N) is 1. The fraction of sp³-hybridized carbons (Fsp3) is 0.263. The fourth-order valence-corrected chi connectivity index (χ4v) is 3.70. The molecule has 27 heavy (non-hydrogen) atoms. The van der Waals surface area contributed by atoms with Crippen LogP contribution in [0.15, 0.2) is 35.4 Å². The summed E-state index contributed by atoms with van der Waals surface area (Å²) in [7, 11) is 1.30. The molecule has 0 bridgehead atoms. The van der Waals surface area contributed by atoms with Crippen LogP contribution in [0.5, 0.6) is 0 Å². The Morgan fingerprint density at radius 3 is 2.81 bits per heavy atom. The van der Waals surface area contributed by atoms with E-state index in [2.05, 4.69) is 15.0 Å². The van der Waals surface area contributed by atoms with Gasteiger partial charge in [0, 0.05) is 23.5 Å². The largest absolute Gasteiger partial charge is 0.465 e. The van der Waals surface area contributed by atoms with Crippen LogP contribution >= 0.6 is 11.3 Å². The Morgan fingerprint density at radius 2 is 2.07 bits per heavy atom. The molecule has 0 aliphatic heterocycles. The van der Waals surface area contributed by atoms with Gasteiger partial charge in [-0.25, -0.2) is 9.78 Å². The number of hydrogen-bond acceptors (Lipinski definition) is 6. The molecule has 0 saturated carbocycles. The van der Waals surface area contributed by atoms with Gasteiger partial charge in [-0.05, 0) is 37.6 Å². The minimum atomic E-state index is -0.474. The Balaban J connectivity index is 1.70. The predicted octanol–water partition coefficient (Wildman–Crippen LogP) is 2.89. The number of aromatic nitrogens is 2. The van der Waals surface area contributed by atoms with Crippen LogP contribution in [0, 0.1) is 13.8 Å². The van der Waals surface area contributed by atoms with Gasteiger partial charge in [-0.1, -0.05) is 6.07 Å². The first-order chi connectivity index (χ1) is 12.9. The van der Waals surface area contributed by atoms with E-state index in [-0.39, 0.29) is 24.4 Å². The third-order valence-electron chi connectivity index (χ3n) is 4.30. The van der Waals surface area contributed by atoms with Gasteiger partial charge in [0.15, 0.2) is 0 Å². The highest BCUT2D eigenvalue weighted by Crippen LogP contribution is 2.25. The Morgan fingerprint density at radius 1 is 1.30 bits per heavy atom. The van der Waals surface area contributed by atoms with E-state index < -0.39 is 5.97 Å². The summed E-state index contributed by atoms with van der Waals surface area (Å²) < 4.78 is 6.12. The molecule has 8 heteroatoms. The van der Waals surface area contributed by atoms with Gasteiger partial charge in [-0.2, -0.15) is 0 Å². The zero-order chi connectivity index (χ0) is 19.6. The molecule has 0 fully saturated rings. The van der Waals surface area contributed by atoms with Gasteiger partial charge in [0.2, 0.25) is 5.91 Å². The Labute approximate surface area is 159 Å². The summed E-state index contributed by atoms with van der Waals surface area (Å²) in [5, 5.41) is 3.34. The Hall–Kier alpha value is -3.00. The molecule has 0 atom stereocenters. The topological polar surface area (TPSA) is 90.3 Å². The van der Waals surface area contributed by atoms with Crippen molar-refractivity contribution in [2.24, 2.45) is 0 Å². The van der Waals surface area contributed by atoms with E-state index in [4.69, 9.17) is 0 Å². The second kappa shape index (κ2) is 7.71. The normalized spacial score (nSPS) is 10.8. The first-order valence-electron chi connectivity index (χ1n) is 8.34. The van der Waals surface area contributed by atoms with E-state index in [9.17, 15) is 14.4 Å². The average Bonchev–Trinajstić information content (AvgIpc) is 2.95. The van der Waals surface area contributed by atoms with E-state index in [1.165, 1.54) is 29.3 Å². The number of nitrogens with zero attached hydrogens (tertiary/aromatic N) is 2. The molecule has 0 saturated heterocycles. The average molecular weight is 385 g/mol. The highest BCUT2D eigenvalue weighted by molar-refractivity contribution is 7.18. The quantitative estimate of drug-likeness (QED) is 0.682. The van der Waals surface area contributed by atoms with E-state index in [1.54, 1.807) is 24.3 Å². The minimum Gasteiger partial charge on any atom is -0.465 e. The standard InChI is InChI=1S/C19H19N3O4S/c1-11-12(2)27-17-16(11)18(24)22(10-20-17)8-7-15(23)21-14-6-4-5-13(9-14)19(25)26-3/h4-6,9-10H,7-8H2,1-3H3,(H,21,23). The first kappa shape index (κ1) is 18.8. The maximum absolute atomic E-state index is 12.6. The minimum absolute atomic E-state index is 0.109. The van der Waals surface area contributed by atoms with E-state index in [0.717, 1.165) is 15.3 Å². The zero-order valence-electron chi connectivity index (χ0n) is 15.2. The lowest BCUT2D eigenvalue weighted by atomic mass is 10.2. The first-order valence-corrected chi connectivity index (χ1v) is 9.15. The lowest BCUT2D eigenvalue weighted by molar-refractivity contribution is -0.116. The van der Waals surface area contributed by atoms with Crippen LogP contribution in [-0.2, 0) is 16.1 Å². The summed E-state index contributed by atoms with van der Waals surface area (Å²) in [5.74, 6) is -0.735. The van der Waals surface area contributed by atoms with E-state index in [0.29, 0.717) is 16.6 Å². The summed E-state index contributed by atoms with van der Waals surface area (Å²) in [6.07, 6.45) is 1.59. The van der Waals surface area contributed by atoms with Gasteiger partial charge in [0.05, 0.1) is 24.4 Å². The zero-order valence-corrected chi connectivity index (χ0v) is 16.1. The number of methoxy groups -OCH3 is 1. The molecule has 1 N–H and O–H groups in total. The molecule has 0 radical (unpaired) electrons. The van der Waals surface area contributed by atoms with Crippen LogP contribution in [0.25, 0.3) is 10.2 Å². The number of amides is 1. The molecule has 2 heterocycles. The Kier molecular flexibility index (Phi) is 5.36. The third kappa shape index (κ3) is 3.90. The predicted molar refractivity (Wildman–Crippen MR) is 104 cm³/mol. The molecule has 3 aromatic rings. The number of fused-ring (bicyclic) bond motifs is 1. The van der Waals surface area contributed by atoms with Crippen molar-refractivity contribution in [2.45, 2.75) is 26.8 Å². The van der Waals surface area contributed by atoms with Gasteiger partial charge in [-0.3, -0.25) is 14.2 Å². The number of esters is 1. The number of aryl methyl sites for hydroxylation is 3. The monoisotopic (exact) mass is 385 g/mol. The van der Waals surface area contributed by atoms with Crippen molar-refractivity contribution < 1.29 is 14.3 Å². The number of rotatable bonds is 5. The summed E-state index contributed by atoms with van der Waals surface area (Å²) in [6, 6.07) is 6.49. The van der Waals surface area contributed by atoms with Crippen LogP contribution < -0.4 is 10.9 Å². The van der Waals surface area contributed by atoms with Crippen LogP contribution in [-0.4, -0.2) is 28.5 Å². The Bertz CT molecular complexity index is 1080. The van der Waals surface area contributed by atoms with Crippen molar-refractivity contribution in [3.8, 4) is 0 Å². The third-order valence-corrected chi connectivity index (χ3v) is 5.42. The van der Waals surface area contributed by atoms with Crippen molar-refractivity contribution in [3.05, 3.63) is 57.0 Å². The number of carbonyl (C=O) groups excluding carboxylic acids is 2. The molecule has 1 aromatic carbocycles. The van der Waals surface area contributed by atoms with Crippen LogP contribution in [0.1, 0.15) is 27.2 Å². The lowest BCUT2D eigenvalue weighted by Crippen LogP contribution is -2.23. The summed E-state index contributed by atoms with van der Waals surface area (Å²) in [4.78, 5) is 42.5. The van der Waals surface area contributed by atoms with E-state index >= 15 is 0 Å². The van der Waals surface area contributed by atoms with Gasteiger partial charge in [-0.15, -0.1) is 11.3 Å². The number of thiophene rings is 1. The molecule has 3 rings (SSSR count). The van der Waals surface area contributed by atoms with Gasteiger partial charge < -0.3 is 10.1 Å². The highest BCUT2D eigenvalue weighted by atomic mass is 32.1. The molecule has 0 aliphatic rings. The molecule has 2 aromatic heterocycles. The number of hydrogen-bond donors (Lipinski definition) is 1.